The molecule has 1 atom stereocenters. The molecule has 25 heavy (non-hydrogen) atoms. The Kier molecular flexibility index (Phi) is 7.38. The second-order valence-electron chi connectivity index (χ2n) is 6.70. The van der Waals surface area contributed by atoms with Gasteiger partial charge in [0.1, 0.15) is 18.1 Å². The lowest BCUT2D eigenvalue weighted by Crippen LogP contribution is -2.50. The van der Waals surface area contributed by atoms with Crippen molar-refractivity contribution in [3.63, 3.8) is 0 Å². The SMILES string of the molecule is CCCN(C(=O)C1COc2ccc(OC)cc2C1)C1CCNCC1.Cl. The summed E-state index contributed by atoms with van der Waals surface area (Å²) in [4.78, 5) is 15.3. The molecule has 0 saturated carbocycles. The van der Waals surface area contributed by atoms with E-state index in [1.165, 1.54) is 0 Å². The van der Waals surface area contributed by atoms with Gasteiger partial charge in [0, 0.05) is 12.6 Å². The number of benzene rings is 1. The summed E-state index contributed by atoms with van der Waals surface area (Å²) in [7, 11) is 1.66. The summed E-state index contributed by atoms with van der Waals surface area (Å²) in [6.07, 6.45) is 3.82. The highest BCUT2D eigenvalue weighted by Gasteiger charge is 2.33. The first kappa shape index (κ1) is 19.9. The molecule has 1 aromatic carbocycles. The number of methoxy groups -OCH3 is 1. The van der Waals surface area contributed by atoms with Gasteiger partial charge in [0.15, 0.2) is 0 Å². The zero-order valence-corrected chi connectivity index (χ0v) is 15.9. The smallest absolute Gasteiger partial charge is 0.229 e. The van der Waals surface area contributed by atoms with Crippen LogP contribution < -0.4 is 14.8 Å². The van der Waals surface area contributed by atoms with Crippen LogP contribution in [0.25, 0.3) is 0 Å². The molecule has 0 aliphatic carbocycles. The molecule has 6 heteroatoms. The van der Waals surface area contributed by atoms with Crippen molar-refractivity contribution in [2.45, 2.75) is 38.6 Å². The Morgan fingerprint density at radius 1 is 1.36 bits per heavy atom. The molecule has 1 fully saturated rings. The van der Waals surface area contributed by atoms with Crippen molar-refractivity contribution in [3.8, 4) is 11.5 Å². The lowest BCUT2D eigenvalue weighted by Gasteiger charge is -2.37. The number of rotatable bonds is 5. The third-order valence-corrected chi connectivity index (χ3v) is 5.02. The van der Waals surface area contributed by atoms with Gasteiger partial charge < -0.3 is 19.7 Å². The van der Waals surface area contributed by atoms with Gasteiger partial charge in [-0.3, -0.25) is 4.79 Å². The first-order valence-electron chi connectivity index (χ1n) is 9.03. The maximum atomic E-state index is 13.1. The van der Waals surface area contributed by atoms with Gasteiger partial charge in [0.05, 0.1) is 13.0 Å². The number of piperidine rings is 1. The molecule has 2 aliphatic heterocycles. The van der Waals surface area contributed by atoms with Gasteiger partial charge in [-0.25, -0.2) is 0 Å². The number of fused-ring (bicyclic) bond motifs is 1. The van der Waals surface area contributed by atoms with Crippen LogP contribution >= 0.6 is 12.4 Å². The Hall–Kier alpha value is -1.46. The summed E-state index contributed by atoms with van der Waals surface area (Å²) in [5, 5.41) is 3.38. The van der Waals surface area contributed by atoms with Crippen LogP contribution in [0.1, 0.15) is 31.7 Å². The van der Waals surface area contributed by atoms with Crippen molar-refractivity contribution in [1.82, 2.24) is 10.2 Å². The molecule has 1 aromatic rings. The molecule has 2 heterocycles. The lowest BCUT2D eigenvalue weighted by molar-refractivity contribution is -0.140. The molecule has 1 unspecified atom stereocenters. The van der Waals surface area contributed by atoms with E-state index < -0.39 is 0 Å². The Morgan fingerprint density at radius 3 is 2.80 bits per heavy atom. The van der Waals surface area contributed by atoms with E-state index in [9.17, 15) is 4.79 Å². The zero-order chi connectivity index (χ0) is 16.9. The Balaban J connectivity index is 0.00000225. The summed E-state index contributed by atoms with van der Waals surface area (Å²) in [5.41, 5.74) is 1.07. The first-order valence-corrected chi connectivity index (χ1v) is 9.03. The van der Waals surface area contributed by atoms with E-state index in [-0.39, 0.29) is 24.2 Å². The summed E-state index contributed by atoms with van der Waals surface area (Å²) >= 11 is 0. The fourth-order valence-corrected chi connectivity index (χ4v) is 3.72. The van der Waals surface area contributed by atoms with Crippen molar-refractivity contribution in [3.05, 3.63) is 23.8 Å². The highest BCUT2D eigenvalue weighted by Crippen LogP contribution is 2.32. The van der Waals surface area contributed by atoms with Gasteiger partial charge in [-0.15, -0.1) is 12.4 Å². The molecule has 140 valence electrons. The number of carbonyl (C=O) groups is 1. The third kappa shape index (κ3) is 4.59. The van der Waals surface area contributed by atoms with Crippen molar-refractivity contribution in [1.29, 1.82) is 0 Å². The van der Waals surface area contributed by atoms with E-state index in [0.717, 1.165) is 62.4 Å². The second-order valence-corrected chi connectivity index (χ2v) is 6.70. The number of halogens is 1. The molecule has 0 radical (unpaired) electrons. The van der Waals surface area contributed by atoms with Crippen LogP contribution in [0.3, 0.4) is 0 Å². The Labute approximate surface area is 156 Å². The first-order chi connectivity index (χ1) is 11.7. The molecule has 0 bridgehead atoms. The van der Waals surface area contributed by atoms with Gasteiger partial charge in [-0.05, 0) is 62.5 Å². The van der Waals surface area contributed by atoms with E-state index in [4.69, 9.17) is 9.47 Å². The number of hydrogen-bond donors (Lipinski definition) is 1. The van der Waals surface area contributed by atoms with Crippen LogP contribution in [-0.2, 0) is 11.2 Å². The third-order valence-electron chi connectivity index (χ3n) is 5.02. The predicted octanol–water partition coefficient (Wildman–Crippen LogP) is 2.66. The summed E-state index contributed by atoms with van der Waals surface area (Å²) < 4.78 is 11.2. The summed E-state index contributed by atoms with van der Waals surface area (Å²) in [6.45, 7) is 5.45. The Morgan fingerprint density at radius 2 is 2.12 bits per heavy atom. The number of amides is 1. The summed E-state index contributed by atoms with van der Waals surface area (Å²) in [6, 6.07) is 6.19. The molecule has 1 saturated heterocycles. The van der Waals surface area contributed by atoms with Crippen LogP contribution in [-0.4, -0.2) is 50.2 Å². The standard InChI is InChI=1S/C19H28N2O3.ClH/c1-3-10-21(16-6-8-20-9-7-16)19(22)15-11-14-12-17(23-2)4-5-18(14)24-13-15;/h4-5,12,15-16,20H,3,6-11,13H2,1-2H3;1H. The van der Waals surface area contributed by atoms with Crippen LogP contribution in [0.2, 0.25) is 0 Å². The average Bonchev–Trinajstić information content (AvgIpc) is 2.65. The van der Waals surface area contributed by atoms with E-state index in [1.54, 1.807) is 7.11 Å². The molecule has 1 N–H and O–H groups in total. The maximum Gasteiger partial charge on any atom is 0.229 e. The van der Waals surface area contributed by atoms with Crippen molar-refractivity contribution >= 4 is 18.3 Å². The molecule has 0 aromatic heterocycles. The van der Waals surface area contributed by atoms with Crippen molar-refractivity contribution in [2.75, 3.05) is 33.4 Å². The van der Waals surface area contributed by atoms with Gasteiger partial charge in [-0.1, -0.05) is 6.92 Å². The van der Waals surface area contributed by atoms with Crippen LogP contribution in [0.5, 0.6) is 11.5 Å². The predicted molar refractivity (Wildman–Crippen MR) is 101 cm³/mol. The largest absolute Gasteiger partial charge is 0.497 e. The van der Waals surface area contributed by atoms with Gasteiger partial charge in [0.2, 0.25) is 5.91 Å². The van der Waals surface area contributed by atoms with E-state index in [1.807, 2.05) is 18.2 Å². The minimum atomic E-state index is -0.0916. The van der Waals surface area contributed by atoms with Crippen LogP contribution in [0, 0.1) is 5.92 Å². The number of carbonyl (C=O) groups excluding carboxylic acids is 1. The minimum Gasteiger partial charge on any atom is -0.497 e. The summed E-state index contributed by atoms with van der Waals surface area (Å²) in [5.74, 6) is 1.85. The molecule has 3 rings (SSSR count). The van der Waals surface area contributed by atoms with Gasteiger partial charge >= 0.3 is 0 Å². The molecule has 0 spiro atoms. The van der Waals surface area contributed by atoms with Crippen molar-refractivity contribution in [2.24, 2.45) is 5.92 Å². The number of nitrogens with zero attached hydrogens (tertiary/aromatic N) is 1. The number of ether oxygens (including phenoxy) is 2. The normalized spacial score (nSPS) is 20.0. The van der Waals surface area contributed by atoms with Crippen molar-refractivity contribution < 1.29 is 14.3 Å². The van der Waals surface area contributed by atoms with Crippen LogP contribution in [0.4, 0.5) is 0 Å². The van der Waals surface area contributed by atoms with Gasteiger partial charge in [0.25, 0.3) is 0 Å². The maximum absolute atomic E-state index is 13.1. The number of hydrogen-bond acceptors (Lipinski definition) is 4. The van der Waals surface area contributed by atoms with Crippen LogP contribution in [0.15, 0.2) is 18.2 Å². The molecular formula is C19H29ClN2O3. The lowest BCUT2D eigenvalue weighted by atomic mass is 9.93. The fourth-order valence-electron chi connectivity index (χ4n) is 3.72. The Bertz CT molecular complexity index is 576. The molecule has 2 aliphatic rings. The zero-order valence-electron chi connectivity index (χ0n) is 15.1. The molecular weight excluding hydrogens is 340 g/mol. The topological polar surface area (TPSA) is 50.8 Å². The van der Waals surface area contributed by atoms with E-state index >= 15 is 0 Å². The molecule has 5 nitrogen and oxygen atoms in total. The fraction of sp³-hybridized carbons (Fsp3) is 0.632. The monoisotopic (exact) mass is 368 g/mol. The highest BCUT2D eigenvalue weighted by molar-refractivity contribution is 5.85. The average molecular weight is 369 g/mol. The number of nitrogens with one attached hydrogen (secondary N) is 1. The van der Waals surface area contributed by atoms with E-state index in [0.29, 0.717) is 12.6 Å². The highest BCUT2D eigenvalue weighted by atomic mass is 35.5. The minimum absolute atomic E-state index is 0. The second kappa shape index (κ2) is 9.30. The van der Waals surface area contributed by atoms with E-state index in [2.05, 4.69) is 17.1 Å². The quantitative estimate of drug-likeness (QED) is 0.868. The van der Waals surface area contributed by atoms with Gasteiger partial charge in [-0.2, -0.15) is 0 Å². The molecule has 1 amide bonds.